The summed E-state index contributed by atoms with van der Waals surface area (Å²) in [5.74, 6) is -18.8. The standard InChI is InChI=1S/3C14H11BrF4N2O/c3*15-8-1-4-12(21-6-8)14(18,19)13(22,7-20)10-3-2-9(16)5-11(10)17/h3*1-6,22H,7,20H2/t2*13-;/m10./s1. The van der Waals surface area contributed by atoms with E-state index in [-0.39, 0.29) is 0 Å². The van der Waals surface area contributed by atoms with Crippen LogP contribution >= 0.6 is 47.8 Å². The number of rotatable bonds is 12. The zero-order valence-corrected chi connectivity index (χ0v) is 37.9. The first-order valence-electron chi connectivity index (χ1n) is 18.3. The van der Waals surface area contributed by atoms with Gasteiger partial charge in [0.25, 0.3) is 0 Å². The van der Waals surface area contributed by atoms with Crippen LogP contribution in [0, 0.1) is 34.9 Å². The summed E-state index contributed by atoms with van der Waals surface area (Å²) in [7, 11) is 0. The molecule has 1 unspecified atom stereocenters. The fourth-order valence-corrected chi connectivity index (χ4v) is 6.72. The number of hydrogen-bond donors (Lipinski definition) is 6. The van der Waals surface area contributed by atoms with Crippen molar-refractivity contribution in [3.05, 3.63) is 192 Å². The number of halogens is 15. The van der Waals surface area contributed by atoms with Crippen LogP contribution in [0.5, 0.6) is 0 Å². The average Bonchev–Trinajstić information content (AvgIpc) is 3.26. The Balaban J connectivity index is 0.000000216. The molecular formula is C42H33Br3F12N6O3. The third-order valence-corrected chi connectivity index (χ3v) is 11.1. The van der Waals surface area contributed by atoms with Gasteiger partial charge in [-0.2, -0.15) is 26.3 Å². The molecule has 9 N–H and O–H groups in total. The zero-order valence-electron chi connectivity index (χ0n) is 33.1. The largest absolute Gasteiger partial charge is 0.377 e. The molecule has 9 nitrogen and oxygen atoms in total. The molecular weight excluding hydrogens is 1100 g/mol. The number of pyridine rings is 3. The molecule has 6 aromatic rings. The molecule has 0 aliphatic rings. The van der Waals surface area contributed by atoms with E-state index in [4.69, 9.17) is 17.2 Å². The summed E-state index contributed by atoms with van der Waals surface area (Å²) in [5, 5.41) is 31.0. The summed E-state index contributed by atoms with van der Waals surface area (Å²) in [5.41, 5.74) is 1.87. The molecule has 3 heterocycles. The molecule has 3 atom stereocenters. The van der Waals surface area contributed by atoms with Crippen LogP contribution in [0.1, 0.15) is 33.8 Å². The van der Waals surface area contributed by atoms with Crippen molar-refractivity contribution in [3.8, 4) is 0 Å². The molecule has 354 valence electrons. The lowest BCUT2D eigenvalue weighted by Gasteiger charge is -2.35. The van der Waals surface area contributed by atoms with Gasteiger partial charge in [-0.1, -0.05) is 18.2 Å². The fourth-order valence-electron chi connectivity index (χ4n) is 6.02. The normalized spacial score (nSPS) is 14.7. The Bertz CT molecular complexity index is 2330. The quantitative estimate of drug-likeness (QED) is 0.0653. The number of nitrogens with zero attached hydrogens (tertiary/aromatic N) is 3. The highest BCUT2D eigenvalue weighted by molar-refractivity contribution is 9.11. The maximum atomic E-state index is 14.6. The highest BCUT2D eigenvalue weighted by Crippen LogP contribution is 2.47. The van der Waals surface area contributed by atoms with E-state index in [9.17, 15) is 68.0 Å². The van der Waals surface area contributed by atoms with Gasteiger partial charge in [-0.15, -0.1) is 0 Å². The minimum absolute atomic E-state index is 0.404. The van der Waals surface area contributed by atoms with E-state index < -0.39 is 123 Å². The van der Waals surface area contributed by atoms with E-state index >= 15 is 0 Å². The number of nitrogens with two attached hydrogens (primary N) is 3. The summed E-state index contributed by atoms with van der Waals surface area (Å²) >= 11 is 9.14. The number of benzene rings is 3. The predicted molar refractivity (Wildman–Crippen MR) is 225 cm³/mol. The van der Waals surface area contributed by atoms with Gasteiger partial charge in [-0.25, -0.2) is 26.3 Å². The second kappa shape index (κ2) is 21.2. The van der Waals surface area contributed by atoms with Crippen LogP contribution < -0.4 is 17.2 Å². The Morgan fingerprint density at radius 1 is 0.394 bits per heavy atom. The van der Waals surface area contributed by atoms with E-state index in [2.05, 4.69) is 62.7 Å². The first-order chi connectivity index (χ1) is 30.7. The molecule has 0 amide bonds. The third-order valence-electron chi connectivity index (χ3n) is 9.72. The lowest BCUT2D eigenvalue weighted by molar-refractivity contribution is -0.193. The smallest absolute Gasteiger partial charge is 0.323 e. The fraction of sp³-hybridized carbons (Fsp3) is 0.214. The van der Waals surface area contributed by atoms with Gasteiger partial charge in [0.2, 0.25) is 0 Å². The van der Waals surface area contributed by atoms with Gasteiger partial charge in [-0.05, 0) is 102 Å². The lowest BCUT2D eigenvalue weighted by atomic mass is 9.85. The first kappa shape index (κ1) is 54.1. The van der Waals surface area contributed by atoms with Gasteiger partial charge < -0.3 is 32.5 Å². The molecule has 0 saturated carbocycles. The van der Waals surface area contributed by atoms with Crippen molar-refractivity contribution < 1.29 is 68.0 Å². The monoisotopic (exact) mass is 1130 g/mol. The van der Waals surface area contributed by atoms with E-state index in [1.54, 1.807) is 0 Å². The van der Waals surface area contributed by atoms with Gasteiger partial charge >= 0.3 is 17.8 Å². The summed E-state index contributed by atoms with van der Waals surface area (Å²) in [6.45, 7) is -2.96. The molecule has 3 aromatic carbocycles. The third kappa shape index (κ3) is 10.9. The molecule has 0 radical (unpaired) electrons. The minimum atomic E-state index is -3.99. The van der Waals surface area contributed by atoms with Crippen molar-refractivity contribution >= 4 is 47.8 Å². The van der Waals surface area contributed by atoms with Crippen LogP contribution in [0.3, 0.4) is 0 Å². The van der Waals surface area contributed by atoms with Gasteiger partial charge in [0.1, 0.15) is 52.0 Å². The summed E-state index contributed by atoms with van der Waals surface area (Å²) < 4.78 is 169. The Labute approximate surface area is 392 Å². The van der Waals surface area contributed by atoms with Crippen LogP contribution in [-0.2, 0) is 34.6 Å². The van der Waals surface area contributed by atoms with Crippen LogP contribution in [0.15, 0.2) is 123 Å². The van der Waals surface area contributed by atoms with Crippen molar-refractivity contribution in [3.63, 3.8) is 0 Å². The maximum absolute atomic E-state index is 14.6. The molecule has 0 spiro atoms. The topological polar surface area (TPSA) is 177 Å². The number of aromatic nitrogens is 3. The van der Waals surface area contributed by atoms with Crippen molar-refractivity contribution in [2.75, 3.05) is 19.6 Å². The average molecular weight is 1140 g/mol. The van der Waals surface area contributed by atoms with Crippen LogP contribution in [0.2, 0.25) is 0 Å². The highest BCUT2D eigenvalue weighted by Gasteiger charge is 2.58. The first-order valence-corrected chi connectivity index (χ1v) is 20.7. The maximum Gasteiger partial charge on any atom is 0.323 e. The molecule has 0 aliphatic heterocycles. The van der Waals surface area contributed by atoms with Crippen LogP contribution in [0.25, 0.3) is 0 Å². The van der Waals surface area contributed by atoms with Gasteiger partial charge in [0.15, 0.2) is 16.8 Å². The summed E-state index contributed by atoms with van der Waals surface area (Å²) in [4.78, 5) is 10.6. The van der Waals surface area contributed by atoms with Crippen molar-refractivity contribution in [1.29, 1.82) is 0 Å². The molecule has 24 heteroatoms. The second-order valence-corrected chi connectivity index (χ2v) is 16.6. The van der Waals surface area contributed by atoms with E-state index in [1.807, 2.05) is 0 Å². The molecule has 3 aromatic heterocycles. The number of aliphatic hydroxyl groups is 3. The Hall–Kier alpha value is -4.53. The van der Waals surface area contributed by atoms with E-state index in [1.165, 1.54) is 18.2 Å². The molecule has 66 heavy (non-hydrogen) atoms. The Morgan fingerprint density at radius 2 is 0.621 bits per heavy atom. The zero-order chi connectivity index (χ0) is 49.6. The summed E-state index contributed by atoms with van der Waals surface area (Å²) in [6, 6.07) is 12.6. The number of alkyl halides is 6. The SMILES string of the molecule is NCC(O)(c1ccc(F)cc1F)C(F)(F)c1ccc(Br)cn1.NC[C@@](O)(c1ccc(F)cc1F)C(F)(F)c1ccc(Br)cn1.NC[C@](O)(c1ccc(F)cc1F)C(F)(F)c1ccc(Br)cn1. The molecule has 0 fully saturated rings. The van der Waals surface area contributed by atoms with Gasteiger partial charge in [0.05, 0.1) is 0 Å². The van der Waals surface area contributed by atoms with Crippen LogP contribution in [-0.4, -0.2) is 49.9 Å². The minimum Gasteiger partial charge on any atom is -0.377 e. The van der Waals surface area contributed by atoms with Crippen molar-refractivity contribution in [1.82, 2.24) is 15.0 Å². The highest BCUT2D eigenvalue weighted by atomic mass is 79.9. The molecule has 0 bridgehead atoms. The Kier molecular flexibility index (Phi) is 17.4. The molecule has 6 rings (SSSR count). The number of hydrogen-bond acceptors (Lipinski definition) is 9. The van der Waals surface area contributed by atoms with E-state index in [0.717, 1.165) is 73.2 Å². The summed E-state index contributed by atoms with van der Waals surface area (Å²) in [6.07, 6.45) is 3.34. The predicted octanol–water partition coefficient (Wildman–Crippen LogP) is 9.18. The second-order valence-electron chi connectivity index (χ2n) is 13.9. The van der Waals surface area contributed by atoms with Gasteiger partial charge in [0, 0.05) is 86.5 Å². The molecule has 0 aliphatic carbocycles. The lowest BCUT2D eigenvalue weighted by Crippen LogP contribution is -2.50. The van der Waals surface area contributed by atoms with E-state index in [0.29, 0.717) is 31.6 Å². The van der Waals surface area contributed by atoms with Gasteiger partial charge in [-0.3, -0.25) is 15.0 Å². The molecule has 0 saturated heterocycles. The Morgan fingerprint density at radius 3 is 0.788 bits per heavy atom. The van der Waals surface area contributed by atoms with Crippen molar-refractivity contribution in [2.24, 2.45) is 17.2 Å². The van der Waals surface area contributed by atoms with Crippen LogP contribution in [0.4, 0.5) is 52.7 Å². The van der Waals surface area contributed by atoms with Crippen molar-refractivity contribution in [2.45, 2.75) is 34.6 Å².